The monoisotopic (exact) mass is 432 g/mol. The van der Waals surface area contributed by atoms with Gasteiger partial charge in [-0.1, -0.05) is 71.9 Å². The van der Waals surface area contributed by atoms with E-state index in [9.17, 15) is 4.39 Å². The maximum absolute atomic E-state index is 13.8. The lowest BCUT2D eigenvalue weighted by atomic mass is 10.2. The van der Waals surface area contributed by atoms with Crippen molar-refractivity contribution in [3.63, 3.8) is 0 Å². The molecule has 5 nitrogen and oxygen atoms in total. The van der Waals surface area contributed by atoms with Crippen molar-refractivity contribution in [1.82, 2.24) is 14.9 Å². The highest BCUT2D eigenvalue weighted by atomic mass is 32.2. The van der Waals surface area contributed by atoms with Gasteiger partial charge in [-0.3, -0.25) is 0 Å². The molecule has 0 saturated heterocycles. The number of halogens is 1. The van der Waals surface area contributed by atoms with Gasteiger partial charge in [-0.05, 0) is 36.2 Å². The lowest BCUT2D eigenvalue weighted by molar-refractivity contribution is 0.300. The van der Waals surface area contributed by atoms with Gasteiger partial charge in [0.05, 0.1) is 6.21 Å². The summed E-state index contributed by atoms with van der Waals surface area (Å²) in [6, 6.07) is 22.5. The van der Waals surface area contributed by atoms with Gasteiger partial charge >= 0.3 is 0 Å². The molecule has 4 aromatic rings. The third-order valence-electron chi connectivity index (χ3n) is 4.53. The Balaban J connectivity index is 1.39. The average molecular weight is 433 g/mol. The van der Waals surface area contributed by atoms with Crippen molar-refractivity contribution in [2.75, 3.05) is 0 Å². The van der Waals surface area contributed by atoms with Gasteiger partial charge in [-0.15, -0.1) is 10.2 Å². The molecule has 0 aliphatic rings. The molecule has 0 spiro atoms. The topological polar surface area (TPSA) is 52.3 Å². The van der Waals surface area contributed by atoms with E-state index in [-0.39, 0.29) is 12.4 Å². The maximum atomic E-state index is 13.8. The van der Waals surface area contributed by atoms with Gasteiger partial charge < -0.3 is 4.74 Å². The molecule has 156 valence electrons. The first kappa shape index (κ1) is 20.8. The number of nitrogens with zero attached hydrogens (tertiary/aromatic N) is 4. The molecular weight excluding hydrogens is 411 g/mol. The predicted molar refractivity (Wildman–Crippen MR) is 121 cm³/mol. The van der Waals surface area contributed by atoms with E-state index in [2.05, 4.69) is 46.5 Å². The summed E-state index contributed by atoms with van der Waals surface area (Å²) in [5, 5.41) is 13.3. The third-order valence-corrected chi connectivity index (χ3v) is 5.53. The normalized spacial score (nSPS) is 11.2. The minimum Gasteiger partial charge on any atom is -0.489 e. The predicted octanol–water partition coefficient (Wildman–Crippen LogP) is 5.48. The number of benzene rings is 3. The van der Waals surface area contributed by atoms with Crippen molar-refractivity contribution in [3.05, 3.63) is 107 Å². The van der Waals surface area contributed by atoms with Crippen LogP contribution in [0.25, 0.3) is 0 Å². The van der Waals surface area contributed by atoms with Crippen LogP contribution in [0.3, 0.4) is 0 Å². The second-order valence-corrected chi connectivity index (χ2v) is 7.87. The quantitative estimate of drug-likeness (QED) is 0.273. The Hall–Kier alpha value is -3.45. The van der Waals surface area contributed by atoms with Gasteiger partial charge in [0.15, 0.2) is 0 Å². The van der Waals surface area contributed by atoms with Crippen molar-refractivity contribution in [3.8, 4) is 5.75 Å². The zero-order valence-corrected chi connectivity index (χ0v) is 17.8. The number of aryl methyl sites for hydroxylation is 1. The molecule has 0 radical (unpaired) electrons. The standard InChI is InChI=1S/C24H21FN4OS/c1-18-9-11-19(12-10-18)16-31-24-28-26-17-29(24)27-14-20-5-4-7-22(13-20)30-15-21-6-2-3-8-23(21)25/h2-14,17H,15-16H2,1H3/b27-14+. The highest BCUT2D eigenvalue weighted by Crippen LogP contribution is 2.21. The minimum atomic E-state index is -0.275. The van der Waals surface area contributed by atoms with Crippen LogP contribution in [0.2, 0.25) is 0 Å². The summed E-state index contributed by atoms with van der Waals surface area (Å²) in [5.41, 5.74) is 3.82. The molecule has 0 aliphatic carbocycles. The molecule has 0 aliphatic heterocycles. The van der Waals surface area contributed by atoms with Crippen molar-refractivity contribution < 1.29 is 9.13 Å². The molecular formula is C24H21FN4OS. The molecule has 3 aromatic carbocycles. The zero-order chi connectivity index (χ0) is 21.5. The number of thioether (sulfide) groups is 1. The molecule has 7 heteroatoms. The first-order valence-corrected chi connectivity index (χ1v) is 10.7. The van der Waals surface area contributed by atoms with Crippen LogP contribution in [0.15, 0.2) is 89.4 Å². The van der Waals surface area contributed by atoms with E-state index in [4.69, 9.17) is 4.74 Å². The SMILES string of the molecule is Cc1ccc(CSc2nncn2/N=C/c2cccc(OCc3ccccc3F)c2)cc1. The van der Waals surface area contributed by atoms with Crippen LogP contribution in [0.1, 0.15) is 22.3 Å². The van der Waals surface area contributed by atoms with Gasteiger partial charge in [0.25, 0.3) is 0 Å². The Morgan fingerprint density at radius 3 is 2.74 bits per heavy atom. The summed E-state index contributed by atoms with van der Waals surface area (Å²) in [6.07, 6.45) is 3.29. The van der Waals surface area contributed by atoms with Gasteiger partial charge in [0.1, 0.15) is 24.5 Å². The zero-order valence-electron chi connectivity index (χ0n) is 17.0. The third kappa shape index (κ3) is 5.79. The van der Waals surface area contributed by atoms with Crippen molar-refractivity contribution in [2.24, 2.45) is 5.10 Å². The van der Waals surface area contributed by atoms with Gasteiger partial charge in [-0.2, -0.15) is 9.78 Å². The molecule has 0 amide bonds. The molecule has 0 N–H and O–H groups in total. The molecule has 0 atom stereocenters. The highest BCUT2D eigenvalue weighted by molar-refractivity contribution is 7.98. The Morgan fingerprint density at radius 2 is 1.90 bits per heavy atom. The number of aromatic nitrogens is 3. The fourth-order valence-corrected chi connectivity index (χ4v) is 3.64. The number of hydrogen-bond donors (Lipinski definition) is 0. The molecule has 0 saturated carbocycles. The second-order valence-electron chi connectivity index (χ2n) is 6.93. The van der Waals surface area contributed by atoms with Crippen molar-refractivity contribution in [2.45, 2.75) is 24.4 Å². The van der Waals surface area contributed by atoms with Gasteiger partial charge in [-0.25, -0.2) is 4.39 Å². The smallest absolute Gasteiger partial charge is 0.212 e. The number of ether oxygens (including phenoxy) is 1. The van der Waals surface area contributed by atoms with Crippen LogP contribution in [-0.2, 0) is 12.4 Å². The summed E-state index contributed by atoms with van der Waals surface area (Å²) < 4.78 is 21.1. The molecule has 1 aromatic heterocycles. The lowest BCUT2D eigenvalue weighted by Crippen LogP contribution is -1.98. The largest absolute Gasteiger partial charge is 0.489 e. The molecule has 4 rings (SSSR count). The summed E-state index contributed by atoms with van der Waals surface area (Å²) >= 11 is 1.57. The Labute approximate surface area is 184 Å². The van der Waals surface area contributed by atoms with E-state index in [1.54, 1.807) is 47.2 Å². The number of rotatable bonds is 8. The molecule has 0 fully saturated rings. The fourth-order valence-electron chi connectivity index (χ4n) is 2.82. The Morgan fingerprint density at radius 1 is 1.06 bits per heavy atom. The Bertz CT molecular complexity index is 1170. The van der Waals surface area contributed by atoms with E-state index in [1.165, 1.54) is 17.2 Å². The highest BCUT2D eigenvalue weighted by Gasteiger charge is 2.05. The lowest BCUT2D eigenvalue weighted by Gasteiger charge is -2.07. The van der Waals surface area contributed by atoms with Crippen LogP contribution < -0.4 is 4.74 Å². The van der Waals surface area contributed by atoms with E-state index in [0.717, 1.165) is 11.3 Å². The first-order valence-electron chi connectivity index (χ1n) is 9.76. The van der Waals surface area contributed by atoms with E-state index < -0.39 is 0 Å². The second kappa shape index (κ2) is 10.0. The van der Waals surface area contributed by atoms with Crippen LogP contribution in [-0.4, -0.2) is 21.1 Å². The van der Waals surface area contributed by atoms with Crippen molar-refractivity contribution in [1.29, 1.82) is 0 Å². The van der Waals surface area contributed by atoms with Gasteiger partial charge in [0.2, 0.25) is 5.16 Å². The fraction of sp³-hybridized carbons (Fsp3) is 0.125. The summed E-state index contributed by atoms with van der Waals surface area (Å²) in [7, 11) is 0. The molecule has 0 unspecified atom stereocenters. The van der Waals surface area contributed by atoms with Crippen LogP contribution in [0, 0.1) is 12.7 Å². The molecule has 1 heterocycles. The van der Waals surface area contributed by atoms with Crippen molar-refractivity contribution >= 4 is 18.0 Å². The van der Waals surface area contributed by atoms with E-state index >= 15 is 0 Å². The minimum absolute atomic E-state index is 0.165. The molecule has 0 bridgehead atoms. The summed E-state index contributed by atoms with van der Waals surface area (Å²) in [4.78, 5) is 0. The average Bonchev–Trinajstić information content (AvgIpc) is 3.24. The number of hydrogen-bond acceptors (Lipinski definition) is 5. The van der Waals surface area contributed by atoms with Crippen LogP contribution in [0.4, 0.5) is 4.39 Å². The summed E-state index contributed by atoms with van der Waals surface area (Å²) in [6.45, 7) is 2.24. The Kier molecular flexibility index (Phi) is 6.74. The first-order chi connectivity index (χ1) is 15.2. The molecule has 31 heavy (non-hydrogen) atoms. The van der Waals surface area contributed by atoms with E-state index in [0.29, 0.717) is 16.5 Å². The summed E-state index contributed by atoms with van der Waals surface area (Å²) in [5.74, 6) is 1.15. The van der Waals surface area contributed by atoms with Crippen LogP contribution >= 0.6 is 11.8 Å². The van der Waals surface area contributed by atoms with E-state index in [1.807, 2.05) is 24.3 Å². The maximum Gasteiger partial charge on any atom is 0.212 e. The van der Waals surface area contributed by atoms with Crippen LogP contribution in [0.5, 0.6) is 5.75 Å². The van der Waals surface area contributed by atoms with Gasteiger partial charge in [0, 0.05) is 11.3 Å².